The highest BCUT2D eigenvalue weighted by atomic mass is 16.5. The van der Waals surface area contributed by atoms with Crippen molar-refractivity contribution in [2.75, 3.05) is 6.73 Å². The van der Waals surface area contributed by atoms with Crippen molar-refractivity contribution in [3.05, 3.63) is 94.0 Å². The molecule has 150 valence electrons. The molecule has 2 aliphatic rings. The molecule has 0 aliphatic carbocycles. The summed E-state index contributed by atoms with van der Waals surface area (Å²) in [6, 6.07) is 13.9. The van der Waals surface area contributed by atoms with E-state index in [0.29, 0.717) is 30.3 Å². The van der Waals surface area contributed by atoms with Gasteiger partial charge in [-0.25, -0.2) is 0 Å². The van der Waals surface area contributed by atoms with Crippen molar-refractivity contribution in [1.29, 1.82) is 0 Å². The van der Waals surface area contributed by atoms with E-state index in [0.717, 1.165) is 40.1 Å². The number of aryl methyl sites for hydroxylation is 2. The summed E-state index contributed by atoms with van der Waals surface area (Å²) >= 11 is 0. The molecule has 0 radical (unpaired) electrons. The van der Waals surface area contributed by atoms with Gasteiger partial charge < -0.3 is 9.47 Å². The van der Waals surface area contributed by atoms with Gasteiger partial charge in [-0.1, -0.05) is 24.3 Å². The summed E-state index contributed by atoms with van der Waals surface area (Å²) in [7, 11) is 0. The number of aromatic nitrogens is 1. The Kier molecular flexibility index (Phi) is 4.60. The Balaban J connectivity index is 1.49. The van der Waals surface area contributed by atoms with Gasteiger partial charge in [-0.3, -0.25) is 14.7 Å². The van der Waals surface area contributed by atoms with Gasteiger partial charge in [-0.15, -0.1) is 0 Å². The van der Waals surface area contributed by atoms with Gasteiger partial charge in [0.15, 0.2) is 5.76 Å². The number of hydrogen-bond acceptors (Lipinski definition) is 5. The monoisotopic (exact) mass is 398 g/mol. The molecule has 0 N–H and O–H groups in total. The summed E-state index contributed by atoms with van der Waals surface area (Å²) in [5.74, 6) is 1.72. The number of benzene rings is 2. The third-order valence-corrected chi connectivity index (χ3v) is 5.62. The summed E-state index contributed by atoms with van der Waals surface area (Å²) in [5.41, 5.74) is 5.70. The fourth-order valence-electron chi connectivity index (χ4n) is 4.01. The van der Waals surface area contributed by atoms with Crippen molar-refractivity contribution in [3.63, 3.8) is 0 Å². The molecule has 0 amide bonds. The molecule has 0 saturated carbocycles. The second-order valence-electron chi connectivity index (χ2n) is 7.79. The first-order chi connectivity index (χ1) is 14.6. The molecule has 3 heterocycles. The average molecular weight is 398 g/mol. The van der Waals surface area contributed by atoms with Crippen LogP contribution in [0, 0.1) is 13.8 Å². The van der Waals surface area contributed by atoms with Crippen LogP contribution in [0.3, 0.4) is 0 Å². The lowest BCUT2D eigenvalue weighted by molar-refractivity contribution is 0.0872. The van der Waals surface area contributed by atoms with E-state index in [-0.39, 0.29) is 5.78 Å². The Bertz CT molecular complexity index is 1170. The topological polar surface area (TPSA) is 51.7 Å². The molecule has 0 atom stereocenters. The van der Waals surface area contributed by atoms with E-state index in [2.05, 4.69) is 9.88 Å². The van der Waals surface area contributed by atoms with Crippen LogP contribution in [0.25, 0.3) is 6.08 Å². The normalized spacial score (nSPS) is 16.7. The van der Waals surface area contributed by atoms with E-state index >= 15 is 0 Å². The Morgan fingerprint density at radius 1 is 1.10 bits per heavy atom. The number of Topliss-reactive ketones (excluding diaryl/α,β-unsaturated/α-hetero) is 1. The van der Waals surface area contributed by atoms with Crippen LogP contribution in [0.2, 0.25) is 0 Å². The highest BCUT2D eigenvalue weighted by Gasteiger charge is 2.35. The van der Waals surface area contributed by atoms with Crippen molar-refractivity contribution >= 4 is 11.9 Å². The number of allylic oxidation sites excluding steroid dienone is 1. The first-order valence-electron chi connectivity index (χ1n) is 10.0. The highest BCUT2D eigenvalue weighted by Crippen LogP contribution is 2.44. The first kappa shape index (κ1) is 18.6. The minimum Gasteiger partial charge on any atom is -0.478 e. The van der Waals surface area contributed by atoms with Crippen molar-refractivity contribution < 1.29 is 14.3 Å². The van der Waals surface area contributed by atoms with Crippen LogP contribution < -0.4 is 9.47 Å². The average Bonchev–Trinajstić information content (AvgIpc) is 3.08. The molecule has 0 saturated heterocycles. The fraction of sp³-hybridized carbons (Fsp3) is 0.200. The number of rotatable bonds is 3. The predicted octanol–water partition coefficient (Wildman–Crippen LogP) is 4.67. The maximum absolute atomic E-state index is 13.1. The fourth-order valence-corrected chi connectivity index (χ4v) is 4.01. The molecule has 0 bridgehead atoms. The number of pyridine rings is 1. The SMILES string of the molecule is Cc1ccccc1/C=C1\Oc2c3c(cc(C)c2C1=O)OCN(Cc1ccncc1)C3. The van der Waals surface area contributed by atoms with E-state index in [1.54, 1.807) is 12.4 Å². The maximum atomic E-state index is 13.1. The number of fused-ring (bicyclic) bond motifs is 3. The molecule has 0 fully saturated rings. The van der Waals surface area contributed by atoms with Gasteiger partial charge in [0, 0.05) is 25.5 Å². The van der Waals surface area contributed by atoms with Crippen LogP contribution in [0.15, 0.2) is 60.6 Å². The van der Waals surface area contributed by atoms with Gasteiger partial charge >= 0.3 is 0 Å². The third kappa shape index (κ3) is 3.27. The Morgan fingerprint density at radius 3 is 2.70 bits per heavy atom. The number of ketones is 1. The standard InChI is InChI=1S/C25H22N2O3/c1-16-5-3-4-6-19(16)12-22-24(28)23-17(2)11-21-20(25(23)30-22)14-27(15-29-21)13-18-7-9-26-10-8-18/h3-12H,13-15H2,1-2H3/b22-12-. The van der Waals surface area contributed by atoms with Gasteiger partial charge in [0.05, 0.1) is 11.1 Å². The van der Waals surface area contributed by atoms with E-state index in [1.807, 2.05) is 62.4 Å². The van der Waals surface area contributed by atoms with Gasteiger partial charge in [0.2, 0.25) is 5.78 Å². The van der Waals surface area contributed by atoms with Crippen molar-refractivity contribution in [2.45, 2.75) is 26.9 Å². The van der Waals surface area contributed by atoms with Crippen LogP contribution in [-0.2, 0) is 13.1 Å². The van der Waals surface area contributed by atoms with Crippen molar-refractivity contribution in [1.82, 2.24) is 9.88 Å². The van der Waals surface area contributed by atoms with Crippen LogP contribution in [0.1, 0.15) is 38.2 Å². The molecule has 2 aromatic carbocycles. The minimum atomic E-state index is -0.0696. The molecular weight excluding hydrogens is 376 g/mol. The lowest BCUT2D eigenvalue weighted by Crippen LogP contribution is -2.31. The molecule has 5 nitrogen and oxygen atoms in total. The molecule has 2 aliphatic heterocycles. The van der Waals surface area contributed by atoms with Gasteiger partial charge in [0.25, 0.3) is 0 Å². The van der Waals surface area contributed by atoms with Gasteiger partial charge in [0.1, 0.15) is 18.2 Å². The second kappa shape index (κ2) is 7.43. The highest BCUT2D eigenvalue weighted by molar-refractivity contribution is 6.16. The molecule has 5 rings (SSSR count). The largest absolute Gasteiger partial charge is 0.478 e. The lowest BCUT2D eigenvalue weighted by atomic mass is 9.98. The molecule has 0 spiro atoms. The van der Waals surface area contributed by atoms with Crippen LogP contribution in [0.5, 0.6) is 11.5 Å². The zero-order valence-electron chi connectivity index (χ0n) is 17.0. The molecule has 1 aromatic heterocycles. The molecule has 5 heteroatoms. The van der Waals surface area contributed by atoms with Crippen LogP contribution >= 0.6 is 0 Å². The van der Waals surface area contributed by atoms with Crippen LogP contribution in [-0.4, -0.2) is 22.4 Å². The summed E-state index contributed by atoms with van der Waals surface area (Å²) in [5, 5.41) is 0. The van der Waals surface area contributed by atoms with Gasteiger partial charge in [-0.2, -0.15) is 0 Å². The number of ether oxygens (including phenoxy) is 2. The Morgan fingerprint density at radius 2 is 1.90 bits per heavy atom. The van der Waals surface area contributed by atoms with E-state index in [4.69, 9.17) is 9.47 Å². The molecular formula is C25H22N2O3. The van der Waals surface area contributed by atoms with E-state index in [9.17, 15) is 4.79 Å². The number of hydrogen-bond donors (Lipinski definition) is 0. The van der Waals surface area contributed by atoms with E-state index in [1.165, 1.54) is 0 Å². The van der Waals surface area contributed by atoms with Crippen LogP contribution in [0.4, 0.5) is 0 Å². The number of carbonyl (C=O) groups excluding carboxylic acids is 1. The minimum absolute atomic E-state index is 0.0696. The van der Waals surface area contributed by atoms with Crippen molar-refractivity contribution in [3.8, 4) is 11.5 Å². The summed E-state index contributed by atoms with van der Waals surface area (Å²) in [4.78, 5) is 19.4. The summed E-state index contributed by atoms with van der Waals surface area (Å²) < 4.78 is 12.2. The lowest BCUT2D eigenvalue weighted by Gasteiger charge is -2.30. The Labute approximate surface area is 175 Å². The third-order valence-electron chi connectivity index (χ3n) is 5.62. The zero-order chi connectivity index (χ0) is 20.7. The summed E-state index contributed by atoms with van der Waals surface area (Å²) in [6.07, 6.45) is 5.42. The molecule has 0 unspecified atom stereocenters. The second-order valence-corrected chi connectivity index (χ2v) is 7.79. The molecule has 30 heavy (non-hydrogen) atoms. The quantitative estimate of drug-likeness (QED) is 0.600. The summed E-state index contributed by atoms with van der Waals surface area (Å²) in [6.45, 7) is 5.85. The molecule has 3 aromatic rings. The Hall–Kier alpha value is -3.44. The van der Waals surface area contributed by atoms with E-state index < -0.39 is 0 Å². The van der Waals surface area contributed by atoms with Crippen molar-refractivity contribution in [2.24, 2.45) is 0 Å². The predicted molar refractivity (Wildman–Crippen MR) is 114 cm³/mol. The maximum Gasteiger partial charge on any atom is 0.232 e. The van der Waals surface area contributed by atoms with Gasteiger partial charge in [-0.05, 0) is 60.4 Å². The first-order valence-corrected chi connectivity index (χ1v) is 10.0. The number of nitrogens with zero attached hydrogens (tertiary/aromatic N) is 2. The number of carbonyl (C=O) groups is 1. The smallest absolute Gasteiger partial charge is 0.232 e. The zero-order valence-corrected chi connectivity index (χ0v) is 17.0.